The first-order valence-electron chi connectivity index (χ1n) is 5.65. The minimum Gasteiger partial charge on any atom is -0.262 e. The van der Waals surface area contributed by atoms with Crippen LogP contribution in [0, 0.1) is 0 Å². The van der Waals surface area contributed by atoms with Gasteiger partial charge in [0.25, 0.3) is 0 Å². The summed E-state index contributed by atoms with van der Waals surface area (Å²) in [5.74, 6) is 0.808. The van der Waals surface area contributed by atoms with Crippen LogP contribution in [0.3, 0.4) is 0 Å². The third-order valence-corrected chi connectivity index (χ3v) is 2.55. The van der Waals surface area contributed by atoms with Crippen molar-refractivity contribution in [3.05, 3.63) is 41.7 Å². The molecule has 0 saturated carbocycles. The number of nitrogens with zero attached hydrogens (tertiary/aromatic N) is 4. The molecular weight excluding hydrogens is 200 g/mol. The van der Waals surface area contributed by atoms with Crippen LogP contribution in [0.15, 0.2) is 24.5 Å². The molecule has 0 N–H and O–H groups in total. The van der Waals surface area contributed by atoms with E-state index in [2.05, 4.69) is 35.0 Å². The number of hydrogen-bond donors (Lipinski definition) is 0. The van der Waals surface area contributed by atoms with E-state index in [1.54, 1.807) is 12.4 Å². The molecule has 0 amide bonds. The second kappa shape index (κ2) is 4.88. The average Bonchev–Trinajstić information content (AvgIpc) is 2.73. The maximum atomic E-state index is 4.53. The van der Waals surface area contributed by atoms with E-state index in [9.17, 15) is 0 Å². The fraction of sp³-hybridized carbons (Fsp3) is 0.417. The summed E-state index contributed by atoms with van der Waals surface area (Å²) in [6.07, 6.45) is 5.48. The summed E-state index contributed by atoms with van der Waals surface area (Å²) in [7, 11) is 0. The van der Waals surface area contributed by atoms with Gasteiger partial charge in [0.2, 0.25) is 0 Å². The monoisotopic (exact) mass is 216 g/mol. The smallest absolute Gasteiger partial charge is 0.149 e. The zero-order valence-corrected chi connectivity index (χ0v) is 9.72. The summed E-state index contributed by atoms with van der Waals surface area (Å²) in [6, 6.07) is 3.98. The predicted molar refractivity (Wildman–Crippen MR) is 62.1 cm³/mol. The molecular formula is C12H16N4. The molecule has 2 rings (SSSR count). The highest BCUT2D eigenvalue weighted by Gasteiger charge is 2.06. The zero-order chi connectivity index (χ0) is 11.4. The first-order chi connectivity index (χ1) is 7.83. The largest absolute Gasteiger partial charge is 0.262 e. The van der Waals surface area contributed by atoms with Crippen molar-refractivity contribution in [3.8, 4) is 0 Å². The molecule has 16 heavy (non-hydrogen) atoms. The first kappa shape index (κ1) is 10.8. The van der Waals surface area contributed by atoms with Crippen LogP contribution >= 0.6 is 0 Å². The van der Waals surface area contributed by atoms with Gasteiger partial charge in [-0.2, -0.15) is 5.10 Å². The van der Waals surface area contributed by atoms with Crippen molar-refractivity contribution in [1.29, 1.82) is 0 Å². The Bertz CT molecular complexity index is 447. The molecule has 0 spiro atoms. The van der Waals surface area contributed by atoms with Gasteiger partial charge < -0.3 is 0 Å². The van der Waals surface area contributed by atoms with E-state index >= 15 is 0 Å². The lowest BCUT2D eigenvalue weighted by molar-refractivity contribution is 0.616. The van der Waals surface area contributed by atoms with Crippen LogP contribution in [-0.4, -0.2) is 19.7 Å². The SMILES string of the molecule is CCc1cc(CC)n(Cc2ncccn2)n1. The molecule has 2 aromatic rings. The van der Waals surface area contributed by atoms with Crippen LogP contribution in [0.2, 0.25) is 0 Å². The molecule has 0 fully saturated rings. The molecule has 0 unspecified atom stereocenters. The Labute approximate surface area is 95.4 Å². The van der Waals surface area contributed by atoms with Crippen molar-refractivity contribution in [2.45, 2.75) is 33.2 Å². The third-order valence-electron chi connectivity index (χ3n) is 2.55. The molecule has 4 nitrogen and oxygen atoms in total. The van der Waals surface area contributed by atoms with Crippen molar-refractivity contribution in [1.82, 2.24) is 19.7 Å². The fourth-order valence-corrected chi connectivity index (χ4v) is 1.65. The van der Waals surface area contributed by atoms with Gasteiger partial charge in [-0.1, -0.05) is 13.8 Å². The molecule has 0 bridgehead atoms. The predicted octanol–water partition coefficient (Wildman–Crippen LogP) is 1.85. The summed E-state index contributed by atoms with van der Waals surface area (Å²) in [5, 5.41) is 4.53. The van der Waals surface area contributed by atoms with Crippen LogP contribution in [0.1, 0.15) is 31.1 Å². The lowest BCUT2D eigenvalue weighted by atomic mass is 10.2. The van der Waals surface area contributed by atoms with E-state index in [1.807, 2.05) is 10.7 Å². The average molecular weight is 216 g/mol. The second-order valence-corrected chi connectivity index (χ2v) is 3.66. The van der Waals surface area contributed by atoms with Gasteiger partial charge >= 0.3 is 0 Å². The highest BCUT2D eigenvalue weighted by molar-refractivity contribution is 5.11. The normalized spacial score (nSPS) is 10.6. The van der Waals surface area contributed by atoms with Gasteiger partial charge in [-0.05, 0) is 25.0 Å². The molecule has 0 aliphatic rings. The Morgan fingerprint density at radius 1 is 1.12 bits per heavy atom. The van der Waals surface area contributed by atoms with Gasteiger partial charge in [-0.15, -0.1) is 0 Å². The maximum absolute atomic E-state index is 4.53. The Morgan fingerprint density at radius 2 is 1.88 bits per heavy atom. The molecule has 0 saturated heterocycles. The summed E-state index contributed by atoms with van der Waals surface area (Å²) in [6.45, 7) is 4.91. The summed E-state index contributed by atoms with van der Waals surface area (Å²) < 4.78 is 1.99. The number of aromatic nitrogens is 4. The van der Waals surface area contributed by atoms with Gasteiger partial charge in [0, 0.05) is 18.1 Å². The summed E-state index contributed by atoms with van der Waals surface area (Å²) in [5.41, 5.74) is 2.37. The second-order valence-electron chi connectivity index (χ2n) is 3.66. The lowest BCUT2D eigenvalue weighted by Gasteiger charge is -2.03. The molecule has 2 heterocycles. The van der Waals surface area contributed by atoms with Crippen LogP contribution < -0.4 is 0 Å². The van der Waals surface area contributed by atoms with Crippen molar-refractivity contribution < 1.29 is 0 Å². The van der Waals surface area contributed by atoms with Gasteiger partial charge in [-0.25, -0.2) is 9.97 Å². The summed E-state index contributed by atoms with van der Waals surface area (Å²) in [4.78, 5) is 8.43. The van der Waals surface area contributed by atoms with Gasteiger partial charge in [0.1, 0.15) is 12.4 Å². The highest BCUT2D eigenvalue weighted by atomic mass is 15.3. The van der Waals surface area contributed by atoms with Gasteiger partial charge in [0.15, 0.2) is 0 Å². The third kappa shape index (κ3) is 2.27. The molecule has 0 aromatic carbocycles. The number of hydrogen-bond acceptors (Lipinski definition) is 3. The van der Waals surface area contributed by atoms with E-state index in [0.717, 1.165) is 24.4 Å². The van der Waals surface area contributed by atoms with Crippen LogP contribution in [0.25, 0.3) is 0 Å². The fourth-order valence-electron chi connectivity index (χ4n) is 1.65. The minimum absolute atomic E-state index is 0.657. The number of rotatable bonds is 4. The Morgan fingerprint density at radius 3 is 2.50 bits per heavy atom. The molecule has 0 atom stereocenters. The Balaban J connectivity index is 2.23. The zero-order valence-electron chi connectivity index (χ0n) is 9.72. The number of aryl methyl sites for hydroxylation is 2. The summed E-state index contributed by atoms with van der Waals surface area (Å²) >= 11 is 0. The van der Waals surface area contributed by atoms with E-state index in [1.165, 1.54) is 5.69 Å². The van der Waals surface area contributed by atoms with Gasteiger partial charge in [0.05, 0.1) is 5.69 Å². The van der Waals surface area contributed by atoms with E-state index in [-0.39, 0.29) is 0 Å². The quantitative estimate of drug-likeness (QED) is 0.783. The van der Waals surface area contributed by atoms with E-state index in [0.29, 0.717) is 6.54 Å². The molecule has 0 aliphatic heterocycles. The van der Waals surface area contributed by atoms with Crippen molar-refractivity contribution in [2.75, 3.05) is 0 Å². The molecule has 0 radical (unpaired) electrons. The maximum Gasteiger partial charge on any atom is 0.149 e. The molecule has 4 heteroatoms. The van der Waals surface area contributed by atoms with Crippen molar-refractivity contribution >= 4 is 0 Å². The van der Waals surface area contributed by atoms with Crippen LogP contribution in [-0.2, 0) is 19.4 Å². The van der Waals surface area contributed by atoms with Crippen molar-refractivity contribution in [2.24, 2.45) is 0 Å². The van der Waals surface area contributed by atoms with Crippen molar-refractivity contribution in [3.63, 3.8) is 0 Å². The Hall–Kier alpha value is -1.71. The standard InChI is InChI=1S/C12H16N4/c1-3-10-8-11(4-2)16(15-10)9-12-13-6-5-7-14-12/h5-8H,3-4,9H2,1-2H3. The van der Waals surface area contributed by atoms with E-state index in [4.69, 9.17) is 0 Å². The van der Waals surface area contributed by atoms with Gasteiger partial charge in [-0.3, -0.25) is 4.68 Å². The lowest BCUT2D eigenvalue weighted by Crippen LogP contribution is -2.08. The van der Waals surface area contributed by atoms with E-state index < -0.39 is 0 Å². The topological polar surface area (TPSA) is 43.6 Å². The van der Waals surface area contributed by atoms with Crippen LogP contribution in [0.4, 0.5) is 0 Å². The molecule has 2 aromatic heterocycles. The first-order valence-corrected chi connectivity index (χ1v) is 5.65. The molecule has 84 valence electrons. The Kier molecular flexibility index (Phi) is 3.29. The molecule has 0 aliphatic carbocycles. The highest BCUT2D eigenvalue weighted by Crippen LogP contribution is 2.07. The van der Waals surface area contributed by atoms with Crippen LogP contribution in [0.5, 0.6) is 0 Å². The minimum atomic E-state index is 0.657.